The van der Waals surface area contributed by atoms with Crippen LogP contribution in [-0.2, 0) is 11.2 Å². The summed E-state index contributed by atoms with van der Waals surface area (Å²) in [6.45, 7) is 1.57. The van der Waals surface area contributed by atoms with Gasteiger partial charge in [0, 0.05) is 24.2 Å². The zero-order valence-corrected chi connectivity index (χ0v) is 11.3. The second-order valence-corrected chi connectivity index (χ2v) is 5.01. The molecular weight excluding hydrogens is 258 g/mol. The van der Waals surface area contributed by atoms with Gasteiger partial charge in [-0.1, -0.05) is 24.6 Å². The van der Waals surface area contributed by atoms with E-state index in [1.54, 1.807) is 18.2 Å². The lowest BCUT2D eigenvalue weighted by Crippen LogP contribution is -2.43. The van der Waals surface area contributed by atoms with Crippen molar-refractivity contribution in [1.29, 1.82) is 0 Å². The lowest BCUT2D eigenvalue weighted by atomic mass is 10.0. The van der Waals surface area contributed by atoms with E-state index in [9.17, 15) is 14.9 Å². The second kappa shape index (κ2) is 7.00. The van der Waals surface area contributed by atoms with Crippen molar-refractivity contribution in [2.24, 2.45) is 0 Å². The summed E-state index contributed by atoms with van der Waals surface area (Å²) in [4.78, 5) is 22.3. The molecule has 6 heteroatoms. The summed E-state index contributed by atoms with van der Waals surface area (Å²) in [5.41, 5.74) is 0.449. The van der Waals surface area contributed by atoms with Crippen LogP contribution in [0.5, 0.6) is 0 Å². The molecule has 1 aromatic rings. The molecule has 1 aromatic carbocycles. The quantitative estimate of drug-likeness (QED) is 0.629. The Balaban J connectivity index is 1.86. The molecular formula is C14H19N3O3. The fraction of sp³-hybridized carbons (Fsp3) is 0.500. The SMILES string of the molecule is O=C(Cc1ccccc1[N+](=O)[O-])NCC1CCCCN1. The molecule has 0 radical (unpaired) electrons. The van der Waals surface area contributed by atoms with Crippen LogP contribution in [0.3, 0.4) is 0 Å². The third kappa shape index (κ3) is 4.03. The van der Waals surface area contributed by atoms with Crippen LogP contribution >= 0.6 is 0 Å². The number of hydrogen-bond donors (Lipinski definition) is 2. The van der Waals surface area contributed by atoms with Crippen molar-refractivity contribution in [3.63, 3.8) is 0 Å². The van der Waals surface area contributed by atoms with E-state index in [1.807, 2.05) is 0 Å². The molecule has 1 unspecified atom stereocenters. The molecule has 1 fully saturated rings. The fourth-order valence-corrected chi connectivity index (χ4v) is 2.41. The molecule has 1 aliphatic heterocycles. The predicted molar refractivity (Wildman–Crippen MR) is 75.5 cm³/mol. The van der Waals surface area contributed by atoms with Crippen LogP contribution in [0.15, 0.2) is 24.3 Å². The molecule has 1 aliphatic rings. The minimum absolute atomic E-state index is 0.00144. The molecule has 1 atom stereocenters. The maximum absolute atomic E-state index is 11.9. The van der Waals surface area contributed by atoms with Crippen LogP contribution < -0.4 is 10.6 Å². The van der Waals surface area contributed by atoms with E-state index in [0.29, 0.717) is 18.2 Å². The number of rotatable bonds is 5. The van der Waals surface area contributed by atoms with E-state index in [-0.39, 0.29) is 18.0 Å². The predicted octanol–water partition coefficient (Wildman–Crippen LogP) is 1.40. The van der Waals surface area contributed by atoms with Crippen molar-refractivity contribution < 1.29 is 9.72 Å². The summed E-state index contributed by atoms with van der Waals surface area (Å²) >= 11 is 0. The molecule has 1 amide bonds. The van der Waals surface area contributed by atoms with Crippen molar-refractivity contribution >= 4 is 11.6 Å². The van der Waals surface area contributed by atoms with Gasteiger partial charge in [-0.25, -0.2) is 0 Å². The number of carbonyl (C=O) groups is 1. The van der Waals surface area contributed by atoms with Gasteiger partial charge in [0.05, 0.1) is 11.3 Å². The van der Waals surface area contributed by atoms with Gasteiger partial charge in [0.25, 0.3) is 5.69 Å². The maximum Gasteiger partial charge on any atom is 0.273 e. The van der Waals surface area contributed by atoms with Crippen molar-refractivity contribution in [2.45, 2.75) is 31.7 Å². The highest BCUT2D eigenvalue weighted by Crippen LogP contribution is 2.17. The normalized spacial score (nSPS) is 18.5. The van der Waals surface area contributed by atoms with Crippen molar-refractivity contribution in [1.82, 2.24) is 10.6 Å². The molecule has 0 bridgehead atoms. The molecule has 1 saturated heterocycles. The van der Waals surface area contributed by atoms with Gasteiger partial charge in [0.2, 0.25) is 5.91 Å². The minimum atomic E-state index is -0.453. The zero-order valence-electron chi connectivity index (χ0n) is 11.3. The molecule has 1 heterocycles. The number of nitro groups is 1. The Kier molecular flexibility index (Phi) is 5.06. The molecule has 0 saturated carbocycles. The topological polar surface area (TPSA) is 84.3 Å². The van der Waals surface area contributed by atoms with E-state index in [1.165, 1.54) is 18.9 Å². The van der Waals surface area contributed by atoms with Gasteiger partial charge in [0.15, 0.2) is 0 Å². The van der Waals surface area contributed by atoms with E-state index in [0.717, 1.165) is 13.0 Å². The Morgan fingerprint density at radius 1 is 1.40 bits per heavy atom. The summed E-state index contributed by atoms with van der Waals surface area (Å²) < 4.78 is 0. The summed E-state index contributed by atoms with van der Waals surface area (Å²) in [6.07, 6.45) is 3.47. The number of carbonyl (C=O) groups excluding carboxylic acids is 1. The largest absolute Gasteiger partial charge is 0.354 e. The van der Waals surface area contributed by atoms with Gasteiger partial charge in [-0.05, 0) is 19.4 Å². The summed E-state index contributed by atoms with van der Waals surface area (Å²) in [7, 11) is 0. The van der Waals surface area contributed by atoms with Crippen LogP contribution in [0.4, 0.5) is 5.69 Å². The third-order valence-corrected chi connectivity index (χ3v) is 3.50. The summed E-state index contributed by atoms with van der Waals surface area (Å²) in [6, 6.07) is 6.67. The number of hydrogen-bond acceptors (Lipinski definition) is 4. The summed E-state index contributed by atoms with van der Waals surface area (Å²) in [5.74, 6) is -0.174. The van der Waals surface area contributed by atoms with Gasteiger partial charge in [-0.3, -0.25) is 14.9 Å². The molecule has 108 valence electrons. The number of amides is 1. The molecule has 0 aromatic heterocycles. The molecule has 6 nitrogen and oxygen atoms in total. The van der Waals surface area contributed by atoms with Crippen LogP contribution in [0.1, 0.15) is 24.8 Å². The van der Waals surface area contributed by atoms with Crippen LogP contribution in [0.2, 0.25) is 0 Å². The van der Waals surface area contributed by atoms with Crippen LogP contribution in [-0.4, -0.2) is 30.0 Å². The third-order valence-electron chi connectivity index (χ3n) is 3.50. The first-order valence-corrected chi connectivity index (χ1v) is 6.89. The Labute approximate surface area is 117 Å². The number of para-hydroxylation sites is 1. The standard InChI is InChI=1S/C14H19N3O3/c18-14(16-10-12-6-3-4-8-15-12)9-11-5-1-2-7-13(11)17(19)20/h1-2,5,7,12,15H,3-4,6,8-10H2,(H,16,18). The lowest BCUT2D eigenvalue weighted by molar-refractivity contribution is -0.385. The average molecular weight is 277 g/mol. The second-order valence-electron chi connectivity index (χ2n) is 5.01. The van der Waals surface area contributed by atoms with E-state index in [4.69, 9.17) is 0 Å². The Hall–Kier alpha value is -1.95. The highest BCUT2D eigenvalue weighted by atomic mass is 16.6. The fourth-order valence-electron chi connectivity index (χ4n) is 2.41. The maximum atomic E-state index is 11.9. The average Bonchev–Trinajstić information content (AvgIpc) is 2.46. The van der Waals surface area contributed by atoms with Gasteiger partial charge in [-0.15, -0.1) is 0 Å². The Morgan fingerprint density at radius 2 is 2.20 bits per heavy atom. The highest BCUT2D eigenvalue weighted by Gasteiger charge is 2.17. The first-order valence-electron chi connectivity index (χ1n) is 6.89. The number of piperidine rings is 1. The Bertz CT molecular complexity index is 484. The van der Waals surface area contributed by atoms with Crippen LogP contribution in [0, 0.1) is 10.1 Å². The smallest absolute Gasteiger partial charge is 0.273 e. The highest BCUT2D eigenvalue weighted by molar-refractivity contribution is 5.79. The number of nitrogens with one attached hydrogen (secondary N) is 2. The Morgan fingerprint density at radius 3 is 2.90 bits per heavy atom. The molecule has 0 spiro atoms. The molecule has 2 rings (SSSR count). The summed E-state index contributed by atoms with van der Waals surface area (Å²) in [5, 5.41) is 17.1. The van der Waals surface area contributed by atoms with E-state index in [2.05, 4.69) is 10.6 Å². The van der Waals surface area contributed by atoms with Gasteiger partial charge in [0.1, 0.15) is 0 Å². The monoisotopic (exact) mass is 277 g/mol. The number of benzene rings is 1. The number of nitrogens with zero attached hydrogens (tertiary/aromatic N) is 1. The zero-order chi connectivity index (χ0) is 14.4. The van der Waals surface area contributed by atoms with Gasteiger partial charge < -0.3 is 10.6 Å². The first-order chi connectivity index (χ1) is 9.66. The van der Waals surface area contributed by atoms with Crippen molar-refractivity contribution in [3.05, 3.63) is 39.9 Å². The molecule has 20 heavy (non-hydrogen) atoms. The van der Waals surface area contributed by atoms with Crippen molar-refractivity contribution in [3.8, 4) is 0 Å². The van der Waals surface area contributed by atoms with Crippen molar-refractivity contribution in [2.75, 3.05) is 13.1 Å². The van der Waals surface area contributed by atoms with E-state index < -0.39 is 4.92 Å². The number of nitro benzene ring substituents is 1. The minimum Gasteiger partial charge on any atom is -0.354 e. The van der Waals surface area contributed by atoms with E-state index >= 15 is 0 Å². The van der Waals surface area contributed by atoms with Gasteiger partial charge >= 0.3 is 0 Å². The molecule has 2 N–H and O–H groups in total. The first kappa shape index (κ1) is 14.5. The molecule has 0 aliphatic carbocycles. The van der Waals surface area contributed by atoms with Gasteiger partial charge in [-0.2, -0.15) is 0 Å². The lowest BCUT2D eigenvalue weighted by Gasteiger charge is -2.23. The van der Waals surface area contributed by atoms with Crippen LogP contribution in [0.25, 0.3) is 0 Å².